The van der Waals surface area contributed by atoms with E-state index in [2.05, 4.69) is 39.4 Å². The molecule has 2 rings (SSSR count). The Hall–Kier alpha value is -1.13. The molecule has 1 unspecified atom stereocenters. The van der Waals surface area contributed by atoms with Gasteiger partial charge in [-0.2, -0.15) is 0 Å². The third-order valence-electron chi connectivity index (χ3n) is 2.64. The van der Waals surface area contributed by atoms with Gasteiger partial charge in [-0.05, 0) is 25.5 Å². The molecule has 1 atom stereocenters. The molecule has 1 aromatic carbocycles. The zero-order valence-electron chi connectivity index (χ0n) is 9.90. The summed E-state index contributed by atoms with van der Waals surface area (Å²) in [5, 5.41) is 7.37. The van der Waals surface area contributed by atoms with Crippen molar-refractivity contribution in [2.24, 2.45) is 0 Å². The Kier molecular flexibility index (Phi) is 3.97. The minimum Gasteiger partial charge on any atom is -0.361 e. The van der Waals surface area contributed by atoms with E-state index in [1.165, 1.54) is 5.56 Å². The van der Waals surface area contributed by atoms with Crippen molar-refractivity contribution < 1.29 is 4.52 Å². The van der Waals surface area contributed by atoms with Gasteiger partial charge in [0.1, 0.15) is 5.76 Å². The Labute approximate surface area is 109 Å². The fourth-order valence-electron chi connectivity index (χ4n) is 1.70. The largest absolute Gasteiger partial charge is 0.361 e. The predicted molar refractivity (Wildman–Crippen MR) is 70.6 cm³/mol. The quantitative estimate of drug-likeness (QED) is 0.936. The van der Waals surface area contributed by atoms with E-state index in [9.17, 15) is 0 Å². The molecule has 0 aliphatic rings. The summed E-state index contributed by atoms with van der Waals surface area (Å²) in [5.41, 5.74) is 2.18. The highest BCUT2D eigenvalue weighted by Gasteiger charge is 2.09. The smallest absolute Gasteiger partial charge is 0.133 e. The van der Waals surface area contributed by atoms with Crippen LogP contribution in [0.3, 0.4) is 0 Å². The second-order valence-corrected chi connectivity index (χ2v) is 4.91. The van der Waals surface area contributed by atoms with Crippen LogP contribution < -0.4 is 5.32 Å². The minimum atomic E-state index is 0.266. The van der Waals surface area contributed by atoms with Gasteiger partial charge in [0.15, 0.2) is 0 Å². The van der Waals surface area contributed by atoms with Gasteiger partial charge < -0.3 is 9.84 Å². The number of hydrogen-bond acceptors (Lipinski definition) is 3. The van der Waals surface area contributed by atoms with Gasteiger partial charge in [0.2, 0.25) is 0 Å². The maximum atomic E-state index is 5.03. The average molecular weight is 295 g/mol. The molecule has 0 aliphatic heterocycles. The SMILES string of the molecule is Cc1cc(CNC(C)c2ccccc2Br)no1. The first-order valence-electron chi connectivity index (χ1n) is 5.57. The van der Waals surface area contributed by atoms with Gasteiger partial charge >= 0.3 is 0 Å². The van der Waals surface area contributed by atoms with Gasteiger partial charge in [-0.25, -0.2) is 0 Å². The molecule has 1 aromatic heterocycles. The molecule has 0 fully saturated rings. The van der Waals surface area contributed by atoms with Gasteiger partial charge in [0.05, 0.1) is 5.69 Å². The molecule has 0 bridgehead atoms. The number of aryl methyl sites for hydroxylation is 1. The van der Waals surface area contributed by atoms with E-state index >= 15 is 0 Å². The van der Waals surface area contributed by atoms with Crippen molar-refractivity contribution in [2.75, 3.05) is 0 Å². The van der Waals surface area contributed by atoms with E-state index in [0.29, 0.717) is 6.54 Å². The first kappa shape index (κ1) is 12.3. The molecule has 0 saturated heterocycles. The highest BCUT2D eigenvalue weighted by Crippen LogP contribution is 2.22. The number of benzene rings is 1. The molecule has 4 heteroatoms. The van der Waals surface area contributed by atoms with Crippen LogP contribution in [0.4, 0.5) is 0 Å². The van der Waals surface area contributed by atoms with Gasteiger partial charge in [-0.3, -0.25) is 0 Å². The molecule has 0 amide bonds. The Bertz CT molecular complexity index is 496. The van der Waals surface area contributed by atoms with Gasteiger partial charge in [-0.1, -0.05) is 39.3 Å². The van der Waals surface area contributed by atoms with Crippen LogP contribution in [0.25, 0.3) is 0 Å². The van der Waals surface area contributed by atoms with Crippen LogP contribution in [0.2, 0.25) is 0 Å². The van der Waals surface area contributed by atoms with Gasteiger partial charge in [-0.15, -0.1) is 0 Å². The zero-order valence-corrected chi connectivity index (χ0v) is 11.5. The normalized spacial score (nSPS) is 12.6. The summed E-state index contributed by atoms with van der Waals surface area (Å²) >= 11 is 3.55. The van der Waals surface area contributed by atoms with Crippen molar-refractivity contribution in [1.29, 1.82) is 0 Å². The summed E-state index contributed by atoms with van der Waals surface area (Å²) in [7, 11) is 0. The number of rotatable bonds is 4. The zero-order chi connectivity index (χ0) is 12.3. The molecule has 2 aromatic rings. The molecule has 0 aliphatic carbocycles. The number of halogens is 1. The van der Waals surface area contributed by atoms with E-state index in [1.807, 2.05) is 31.2 Å². The summed E-state index contributed by atoms with van der Waals surface area (Å²) < 4.78 is 6.15. The van der Waals surface area contributed by atoms with Crippen LogP contribution in [-0.4, -0.2) is 5.16 Å². The molecule has 90 valence electrons. The lowest BCUT2D eigenvalue weighted by atomic mass is 10.1. The van der Waals surface area contributed by atoms with Crippen molar-refractivity contribution in [3.63, 3.8) is 0 Å². The molecule has 0 spiro atoms. The third-order valence-corrected chi connectivity index (χ3v) is 3.36. The lowest BCUT2D eigenvalue weighted by molar-refractivity contribution is 0.386. The topological polar surface area (TPSA) is 38.1 Å². The van der Waals surface area contributed by atoms with Crippen molar-refractivity contribution in [1.82, 2.24) is 10.5 Å². The molecule has 17 heavy (non-hydrogen) atoms. The van der Waals surface area contributed by atoms with Crippen LogP contribution in [0.1, 0.15) is 30.0 Å². The van der Waals surface area contributed by atoms with E-state index in [-0.39, 0.29) is 6.04 Å². The second-order valence-electron chi connectivity index (χ2n) is 4.05. The average Bonchev–Trinajstić information content (AvgIpc) is 2.73. The highest BCUT2D eigenvalue weighted by molar-refractivity contribution is 9.10. The fourth-order valence-corrected chi connectivity index (χ4v) is 2.32. The Morgan fingerprint density at radius 1 is 1.41 bits per heavy atom. The summed E-state index contributed by atoms with van der Waals surface area (Å²) in [6.07, 6.45) is 0. The second kappa shape index (κ2) is 5.47. The van der Waals surface area contributed by atoms with Crippen LogP contribution in [0, 0.1) is 6.92 Å². The molecular formula is C13H15BrN2O. The van der Waals surface area contributed by atoms with Gasteiger partial charge in [0.25, 0.3) is 0 Å². The van der Waals surface area contributed by atoms with Crippen molar-refractivity contribution >= 4 is 15.9 Å². The molecule has 0 saturated carbocycles. The van der Waals surface area contributed by atoms with Crippen LogP contribution in [-0.2, 0) is 6.54 Å². The molecule has 0 radical (unpaired) electrons. The van der Waals surface area contributed by atoms with Crippen LogP contribution in [0.15, 0.2) is 39.3 Å². The van der Waals surface area contributed by atoms with Crippen LogP contribution in [0.5, 0.6) is 0 Å². The number of aromatic nitrogens is 1. The summed E-state index contributed by atoms with van der Waals surface area (Å²) in [4.78, 5) is 0. The number of nitrogens with one attached hydrogen (secondary N) is 1. The maximum absolute atomic E-state index is 5.03. The Balaban J connectivity index is 1.98. The van der Waals surface area contributed by atoms with Gasteiger partial charge in [0, 0.05) is 23.1 Å². The molecule has 3 nitrogen and oxygen atoms in total. The lowest BCUT2D eigenvalue weighted by Crippen LogP contribution is -2.18. The number of nitrogens with zero attached hydrogens (tertiary/aromatic N) is 1. The van der Waals surface area contributed by atoms with E-state index in [1.54, 1.807) is 0 Å². The highest BCUT2D eigenvalue weighted by atomic mass is 79.9. The van der Waals surface area contributed by atoms with Crippen molar-refractivity contribution in [3.8, 4) is 0 Å². The third kappa shape index (κ3) is 3.17. The predicted octanol–water partition coefficient (Wildman–Crippen LogP) is 3.60. The van der Waals surface area contributed by atoms with E-state index < -0.39 is 0 Å². The summed E-state index contributed by atoms with van der Waals surface area (Å²) in [5.74, 6) is 0.843. The Morgan fingerprint density at radius 2 is 2.18 bits per heavy atom. The van der Waals surface area contributed by atoms with Crippen LogP contribution >= 0.6 is 15.9 Å². The maximum Gasteiger partial charge on any atom is 0.133 e. The Morgan fingerprint density at radius 3 is 2.82 bits per heavy atom. The van der Waals surface area contributed by atoms with E-state index in [4.69, 9.17) is 4.52 Å². The summed E-state index contributed by atoms with van der Waals surface area (Å²) in [6, 6.07) is 10.4. The standard InChI is InChI=1S/C13H15BrN2O/c1-9-7-11(16-17-9)8-15-10(2)12-5-3-4-6-13(12)14/h3-7,10,15H,8H2,1-2H3. The minimum absolute atomic E-state index is 0.266. The first-order chi connectivity index (χ1) is 8.16. The fraction of sp³-hybridized carbons (Fsp3) is 0.308. The molecular weight excluding hydrogens is 280 g/mol. The number of hydrogen-bond donors (Lipinski definition) is 1. The monoisotopic (exact) mass is 294 g/mol. The van der Waals surface area contributed by atoms with E-state index in [0.717, 1.165) is 15.9 Å². The lowest BCUT2D eigenvalue weighted by Gasteiger charge is -2.14. The summed E-state index contributed by atoms with van der Waals surface area (Å²) in [6.45, 7) is 4.74. The van der Waals surface area contributed by atoms with Crippen molar-refractivity contribution in [2.45, 2.75) is 26.4 Å². The van der Waals surface area contributed by atoms with Crippen molar-refractivity contribution in [3.05, 3.63) is 51.8 Å². The first-order valence-corrected chi connectivity index (χ1v) is 6.36. The molecule has 1 heterocycles. The molecule has 1 N–H and O–H groups in total.